The number of carbonyl (C=O) groups is 3. The van der Waals surface area contributed by atoms with E-state index in [2.05, 4.69) is 15.6 Å². The van der Waals surface area contributed by atoms with Gasteiger partial charge in [0.15, 0.2) is 11.7 Å². The molecule has 4 atom stereocenters. The third kappa shape index (κ3) is 5.11. The Bertz CT molecular complexity index is 1130. The van der Waals surface area contributed by atoms with E-state index in [4.69, 9.17) is 27.6 Å². The molecule has 2 aliphatic heterocycles. The largest absolute Gasteiger partial charge is 0.436 e. The lowest BCUT2D eigenvalue weighted by Crippen LogP contribution is -2.64. The lowest BCUT2D eigenvalue weighted by molar-refractivity contribution is -0.176. The molecule has 0 aliphatic carbocycles. The van der Waals surface area contributed by atoms with Crippen LogP contribution in [0.4, 0.5) is 0 Å². The van der Waals surface area contributed by atoms with Crippen LogP contribution in [-0.2, 0) is 14.4 Å². The maximum atomic E-state index is 13.4. The quantitative estimate of drug-likeness (QED) is 0.506. The molecule has 3 amide bonds. The van der Waals surface area contributed by atoms with E-state index in [9.17, 15) is 19.5 Å². The molecule has 2 aliphatic rings. The first-order chi connectivity index (χ1) is 16.7. The van der Waals surface area contributed by atoms with Gasteiger partial charge >= 0.3 is 0 Å². The van der Waals surface area contributed by atoms with Crippen LogP contribution in [0, 0.1) is 0 Å². The van der Waals surface area contributed by atoms with Gasteiger partial charge in [-0.2, -0.15) is 0 Å². The van der Waals surface area contributed by atoms with Crippen molar-refractivity contribution in [3.05, 3.63) is 28.1 Å². The van der Waals surface area contributed by atoms with Crippen LogP contribution < -0.4 is 10.6 Å². The van der Waals surface area contributed by atoms with Crippen LogP contribution in [0.5, 0.6) is 0 Å². The van der Waals surface area contributed by atoms with Crippen molar-refractivity contribution in [2.45, 2.75) is 69.7 Å². The number of aliphatic hydroxyl groups excluding tert-OH is 1. The molecule has 0 radical (unpaired) electrons. The van der Waals surface area contributed by atoms with E-state index in [1.54, 1.807) is 13.1 Å². The average molecular weight is 526 g/mol. The first-order valence-corrected chi connectivity index (χ1v) is 12.5. The van der Waals surface area contributed by atoms with Gasteiger partial charge < -0.3 is 20.2 Å². The highest BCUT2D eigenvalue weighted by Gasteiger charge is 2.44. The summed E-state index contributed by atoms with van der Waals surface area (Å²) in [6, 6.07) is 0.948. The van der Waals surface area contributed by atoms with Gasteiger partial charge in [-0.05, 0) is 44.9 Å². The predicted octanol–water partition coefficient (Wildman–Crippen LogP) is 2.57. The molecule has 12 heteroatoms. The van der Waals surface area contributed by atoms with Gasteiger partial charge in [-0.15, -0.1) is 0 Å². The number of oxazole rings is 1. The maximum Gasteiger partial charge on any atom is 0.259 e. The lowest BCUT2D eigenvalue weighted by Gasteiger charge is -2.43. The molecule has 0 bridgehead atoms. The van der Waals surface area contributed by atoms with Gasteiger partial charge in [-0.25, -0.2) is 9.99 Å². The van der Waals surface area contributed by atoms with Crippen molar-refractivity contribution in [2.75, 3.05) is 13.6 Å². The summed E-state index contributed by atoms with van der Waals surface area (Å²) in [5.74, 6) is -0.927. The zero-order chi connectivity index (χ0) is 25.3. The minimum atomic E-state index is -1.26. The summed E-state index contributed by atoms with van der Waals surface area (Å²) in [5.41, 5.74) is 0.689. The number of hydrogen-bond acceptors (Lipinski definition) is 7. The third-order valence-electron chi connectivity index (χ3n) is 6.50. The SMILES string of the molecule is CCC[C@H](NC(=O)[C@@H]1CCCN2C(=O)CC[C@H](NC)C(=O)N12)C(O)c1nc2cc(Cl)cc(Cl)c2o1. The number of rotatable bonds is 7. The van der Waals surface area contributed by atoms with Crippen LogP contribution in [-0.4, -0.2) is 69.5 Å². The second kappa shape index (κ2) is 10.7. The van der Waals surface area contributed by atoms with Gasteiger partial charge in [0.05, 0.1) is 17.1 Å². The molecule has 4 rings (SSSR count). The van der Waals surface area contributed by atoms with Crippen LogP contribution in [0.1, 0.15) is 57.4 Å². The molecule has 1 unspecified atom stereocenters. The number of nitrogens with zero attached hydrogens (tertiary/aromatic N) is 3. The molecule has 10 nitrogen and oxygen atoms in total. The Balaban J connectivity index is 1.57. The number of hydrogen-bond donors (Lipinski definition) is 3. The number of amides is 3. The number of fused-ring (bicyclic) bond motifs is 2. The lowest BCUT2D eigenvalue weighted by atomic mass is 10.0. The number of halogens is 2. The fraction of sp³-hybridized carbons (Fsp3) is 0.565. The van der Waals surface area contributed by atoms with Crippen molar-refractivity contribution in [3.63, 3.8) is 0 Å². The second-order valence-corrected chi connectivity index (χ2v) is 9.72. The summed E-state index contributed by atoms with van der Waals surface area (Å²) in [5, 5.41) is 20.2. The van der Waals surface area contributed by atoms with Gasteiger partial charge in [0.1, 0.15) is 11.6 Å². The van der Waals surface area contributed by atoms with Gasteiger partial charge in [-0.3, -0.25) is 19.4 Å². The zero-order valence-electron chi connectivity index (χ0n) is 19.6. The van der Waals surface area contributed by atoms with Crippen LogP contribution in [0.15, 0.2) is 16.5 Å². The average Bonchev–Trinajstić information content (AvgIpc) is 3.22. The maximum absolute atomic E-state index is 13.4. The molecule has 3 heterocycles. The monoisotopic (exact) mass is 525 g/mol. The van der Waals surface area contributed by atoms with Gasteiger partial charge in [0.2, 0.25) is 17.7 Å². The molecule has 0 spiro atoms. The Kier molecular flexibility index (Phi) is 7.85. The zero-order valence-corrected chi connectivity index (χ0v) is 21.1. The van der Waals surface area contributed by atoms with E-state index in [1.807, 2.05) is 6.92 Å². The van der Waals surface area contributed by atoms with Gasteiger partial charge in [0.25, 0.3) is 5.91 Å². The molecule has 35 heavy (non-hydrogen) atoms. The molecular weight excluding hydrogens is 497 g/mol. The predicted molar refractivity (Wildman–Crippen MR) is 129 cm³/mol. The second-order valence-electron chi connectivity index (χ2n) is 8.87. The number of hydrazine groups is 1. The Hall–Kier alpha value is -2.40. The summed E-state index contributed by atoms with van der Waals surface area (Å²) in [6.07, 6.45) is 1.43. The fourth-order valence-corrected chi connectivity index (χ4v) is 5.24. The van der Waals surface area contributed by atoms with Gasteiger partial charge in [-0.1, -0.05) is 36.5 Å². The van der Waals surface area contributed by atoms with E-state index in [0.29, 0.717) is 54.8 Å². The van der Waals surface area contributed by atoms with Crippen molar-refractivity contribution < 1.29 is 23.9 Å². The molecule has 1 aromatic heterocycles. The van der Waals surface area contributed by atoms with E-state index in [1.165, 1.54) is 16.1 Å². The summed E-state index contributed by atoms with van der Waals surface area (Å²) in [7, 11) is 1.66. The third-order valence-corrected chi connectivity index (χ3v) is 7.00. The topological polar surface area (TPSA) is 128 Å². The Morgan fingerprint density at radius 2 is 2.09 bits per heavy atom. The minimum absolute atomic E-state index is 0.00413. The first-order valence-electron chi connectivity index (χ1n) is 11.8. The molecule has 2 saturated heterocycles. The molecule has 0 saturated carbocycles. The van der Waals surface area contributed by atoms with E-state index >= 15 is 0 Å². The molecule has 190 valence electrons. The number of benzene rings is 1. The number of aliphatic hydroxyl groups is 1. The number of carbonyl (C=O) groups excluding carboxylic acids is 3. The highest BCUT2D eigenvalue weighted by atomic mass is 35.5. The summed E-state index contributed by atoms with van der Waals surface area (Å²) in [4.78, 5) is 43.6. The van der Waals surface area contributed by atoms with Crippen LogP contribution in [0.3, 0.4) is 0 Å². The highest BCUT2D eigenvalue weighted by Crippen LogP contribution is 2.32. The number of likely N-dealkylation sites (N-methyl/N-ethyl adjacent to an activating group) is 1. The van der Waals surface area contributed by atoms with Crippen molar-refractivity contribution in [2.24, 2.45) is 0 Å². The summed E-state index contributed by atoms with van der Waals surface area (Å²) in [6.45, 7) is 2.31. The van der Waals surface area contributed by atoms with Crippen molar-refractivity contribution in [3.8, 4) is 0 Å². The molecule has 3 N–H and O–H groups in total. The van der Waals surface area contributed by atoms with E-state index in [0.717, 1.165) is 0 Å². The van der Waals surface area contributed by atoms with Crippen molar-refractivity contribution in [1.82, 2.24) is 25.6 Å². The molecular formula is C23H29Cl2N5O5. The highest BCUT2D eigenvalue weighted by molar-refractivity contribution is 6.37. The van der Waals surface area contributed by atoms with Crippen LogP contribution in [0.25, 0.3) is 11.1 Å². The summed E-state index contributed by atoms with van der Waals surface area (Å²) < 4.78 is 5.70. The van der Waals surface area contributed by atoms with Crippen LogP contribution >= 0.6 is 23.2 Å². The number of aromatic nitrogens is 1. The van der Waals surface area contributed by atoms with E-state index < -0.39 is 30.1 Å². The normalized spacial score (nSPS) is 22.7. The Morgan fingerprint density at radius 3 is 2.80 bits per heavy atom. The van der Waals surface area contributed by atoms with Crippen molar-refractivity contribution >= 4 is 52.0 Å². The Labute approximate surface area is 212 Å². The van der Waals surface area contributed by atoms with Crippen molar-refractivity contribution in [1.29, 1.82) is 0 Å². The smallest absolute Gasteiger partial charge is 0.259 e. The fourth-order valence-electron chi connectivity index (χ4n) is 4.71. The van der Waals surface area contributed by atoms with Crippen LogP contribution in [0.2, 0.25) is 10.0 Å². The molecule has 2 aromatic rings. The summed E-state index contributed by atoms with van der Waals surface area (Å²) >= 11 is 12.2. The molecule has 2 fully saturated rings. The molecule has 1 aromatic carbocycles. The van der Waals surface area contributed by atoms with E-state index in [-0.39, 0.29) is 29.1 Å². The minimum Gasteiger partial charge on any atom is -0.436 e. The Morgan fingerprint density at radius 1 is 1.31 bits per heavy atom. The first kappa shape index (κ1) is 25.7. The number of nitrogens with one attached hydrogen (secondary N) is 2. The standard InChI is InChI=1S/C23H29Cl2N5O5/c1-3-5-14(19(32)22-28-16-11-12(24)10-13(25)20(16)35-22)27-21(33)17-6-4-9-29-18(31)8-7-15(26-2)23(34)30(17)29/h10-11,14-15,17,19,26,32H,3-9H2,1-2H3,(H,27,33)/t14-,15-,17-,19?/m0/s1. The van der Waals surface area contributed by atoms with Gasteiger partial charge in [0, 0.05) is 18.0 Å².